The number of benzene rings is 2. The van der Waals surface area contributed by atoms with Gasteiger partial charge in [0.1, 0.15) is 5.82 Å². The van der Waals surface area contributed by atoms with E-state index in [9.17, 15) is 0 Å². The van der Waals surface area contributed by atoms with Crippen LogP contribution in [0, 0.1) is 0 Å². The van der Waals surface area contributed by atoms with E-state index in [1.807, 2.05) is 18.2 Å². The molecule has 23 heavy (non-hydrogen) atoms. The van der Waals surface area contributed by atoms with Crippen LogP contribution < -0.4 is 0 Å². The number of fused-ring (bicyclic) bond motifs is 1. The Bertz CT molecular complexity index is 776. The third-order valence-corrected chi connectivity index (χ3v) is 4.51. The number of imidazole rings is 1. The van der Waals surface area contributed by atoms with E-state index in [-0.39, 0.29) is 0 Å². The van der Waals surface area contributed by atoms with Crippen molar-refractivity contribution in [2.24, 2.45) is 0 Å². The van der Waals surface area contributed by atoms with Gasteiger partial charge in [0, 0.05) is 23.7 Å². The SMILES string of the molecule is CCN(CC)CCn1c(-c2ccccc2)nc2cc(Cl)ccc21. The average molecular weight is 328 g/mol. The lowest BCUT2D eigenvalue weighted by atomic mass is 10.2. The van der Waals surface area contributed by atoms with E-state index in [2.05, 4.69) is 53.6 Å². The molecule has 0 saturated heterocycles. The van der Waals surface area contributed by atoms with Crippen molar-refractivity contribution in [1.82, 2.24) is 14.5 Å². The fraction of sp³-hybridized carbons (Fsp3) is 0.316. The van der Waals surface area contributed by atoms with Crippen LogP contribution in [0.15, 0.2) is 48.5 Å². The second-order valence-corrected chi connectivity index (χ2v) is 6.05. The summed E-state index contributed by atoms with van der Waals surface area (Å²) in [6.45, 7) is 8.47. The molecule has 1 heterocycles. The number of aromatic nitrogens is 2. The Morgan fingerprint density at radius 2 is 1.78 bits per heavy atom. The summed E-state index contributed by atoms with van der Waals surface area (Å²) in [7, 11) is 0. The Labute approximate surface area is 142 Å². The lowest BCUT2D eigenvalue weighted by Crippen LogP contribution is -2.27. The number of rotatable bonds is 6. The first-order valence-corrected chi connectivity index (χ1v) is 8.54. The normalized spacial score (nSPS) is 11.5. The summed E-state index contributed by atoms with van der Waals surface area (Å²) < 4.78 is 2.30. The van der Waals surface area contributed by atoms with Crippen molar-refractivity contribution in [1.29, 1.82) is 0 Å². The van der Waals surface area contributed by atoms with Gasteiger partial charge in [0.05, 0.1) is 11.0 Å². The minimum atomic E-state index is 0.727. The van der Waals surface area contributed by atoms with Crippen LogP contribution >= 0.6 is 11.6 Å². The van der Waals surface area contributed by atoms with Crippen molar-refractivity contribution < 1.29 is 0 Å². The summed E-state index contributed by atoms with van der Waals surface area (Å²) in [5, 5.41) is 0.727. The molecule has 4 heteroatoms. The smallest absolute Gasteiger partial charge is 0.141 e. The summed E-state index contributed by atoms with van der Waals surface area (Å²) in [6.07, 6.45) is 0. The number of likely N-dealkylation sites (N-methyl/N-ethyl adjacent to an activating group) is 1. The van der Waals surface area contributed by atoms with E-state index in [1.54, 1.807) is 0 Å². The molecule has 0 fully saturated rings. The highest BCUT2D eigenvalue weighted by Crippen LogP contribution is 2.26. The van der Waals surface area contributed by atoms with E-state index >= 15 is 0 Å². The maximum absolute atomic E-state index is 6.14. The first-order valence-electron chi connectivity index (χ1n) is 8.16. The van der Waals surface area contributed by atoms with Crippen LogP contribution in [0.2, 0.25) is 5.02 Å². The summed E-state index contributed by atoms with van der Waals surface area (Å²) in [5.41, 5.74) is 3.23. The monoisotopic (exact) mass is 327 g/mol. The van der Waals surface area contributed by atoms with Gasteiger partial charge >= 0.3 is 0 Å². The van der Waals surface area contributed by atoms with Gasteiger partial charge < -0.3 is 9.47 Å². The van der Waals surface area contributed by atoms with Gasteiger partial charge in [-0.2, -0.15) is 0 Å². The summed E-state index contributed by atoms with van der Waals surface area (Å²) in [5.74, 6) is 1.01. The molecule has 0 radical (unpaired) electrons. The maximum atomic E-state index is 6.14. The first kappa shape index (κ1) is 16.0. The van der Waals surface area contributed by atoms with E-state index < -0.39 is 0 Å². The van der Waals surface area contributed by atoms with E-state index in [0.29, 0.717) is 0 Å². The summed E-state index contributed by atoms with van der Waals surface area (Å²) in [4.78, 5) is 7.26. The molecule has 0 amide bonds. The Hall–Kier alpha value is -1.84. The van der Waals surface area contributed by atoms with Crippen molar-refractivity contribution in [3.8, 4) is 11.4 Å². The van der Waals surface area contributed by atoms with Gasteiger partial charge in [-0.3, -0.25) is 0 Å². The molecule has 120 valence electrons. The molecule has 0 bridgehead atoms. The molecular weight excluding hydrogens is 306 g/mol. The summed E-state index contributed by atoms with van der Waals surface area (Å²) in [6, 6.07) is 16.3. The average Bonchev–Trinajstić information content (AvgIpc) is 2.94. The lowest BCUT2D eigenvalue weighted by molar-refractivity contribution is 0.292. The van der Waals surface area contributed by atoms with Crippen LogP contribution in [0.4, 0.5) is 0 Å². The van der Waals surface area contributed by atoms with Crippen molar-refractivity contribution in [2.75, 3.05) is 19.6 Å². The van der Waals surface area contributed by atoms with Crippen LogP contribution in [0.5, 0.6) is 0 Å². The topological polar surface area (TPSA) is 21.1 Å². The molecule has 0 aliphatic carbocycles. The van der Waals surface area contributed by atoms with E-state index in [4.69, 9.17) is 16.6 Å². The van der Waals surface area contributed by atoms with Crippen molar-refractivity contribution in [3.63, 3.8) is 0 Å². The van der Waals surface area contributed by atoms with Crippen LogP contribution in [-0.4, -0.2) is 34.1 Å². The molecule has 0 saturated carbocycles. The van der Waals surface area contributed by atoms with E-state index in [0.717, 1.165) is 53.6 Å². The molecule has 0 aliphatic heterocycles. The van der Waals surface area contributed by atoms with E-state index in [1.165, 1.54) is 0 Å². The maximum Gasteiger partial charge on any atom is 0.141 e. The highest BCUT2D eigenvalue weighted by Gasteiger charge is 2.13. The fourth-order valence-corrected chi connectivity index (χ4v) is 3.08. The molecule has 0 spiro atoms. The molecular formula is C19H22ClN3. The van der Waals surface area contributed by atoms with Gasteiger partial charge in [-0.1, -0.05) is 55.8 Å². The molecule has 0 N–H and O–H groups in total. The number of nitrogens with zero attached hydrogens (tertiary/aromatic N) is 3. The summed E-state index contributed by atoms with van der Waals surface area (Å²) >= 11 is 6.14. The third-order valence-electron chi connectivity index (χ3n) is 4.28. The second kappa shape index (κ2) is 7.16. The van der Waals surface area contributed by atoms with Gasteiger partial charge in [-0.15, -0.1) is 0 Å². The standard InChI is InChI=1S/C19H22ClN3/c1-3-22(4-2)12-13-23-18-11-10-16(20)14-17(18)21-19(23)15-8-6-5-7-9-15/h5-11,14H,3-4,12-13H2,1-2H3. The van der Waals surface area contributed by atoms with Crippen molar-refractivity contribution >= 4 is 22.6 Å². The Kier molecular flexibility index (Phi) is 4.99. The predicted molar refractivity (Wildman–Crippen MR) is 98.0 cm³/mol. The highest BCUT2D eigenvalue weighted by atomic mass is 35.5. The molecule has 2 aromatic carbocycles. The van der Waals surface area contributed by atoms with Crippen LogP contribution in [-0.2, 0) is 6.54 Å². The Morgan fingerprint density at radius 3 is 2.48 bits per heavy atom. The minimum absolute atomic E-state index is 0.727. The van der Waals surface area contributed by atoms with Gasteiger partial charge in [0.25, 0.3) is 0 Å². The minimum Gasteiger partial charge on any atom is -0.323 e. The highest BCUT2D eigenvalue weighted by molar-refractivity contribution is 6.31. The fourth-order valence-electron chi connectivity index (χ4n) is 2.92. The molecule has 0 aliphatic rings. The zero-order valence-corrected chi connectivity index (χ0v) is 14.4. The van der Waals surface area contributed by atoms with Gasteiger partial charge in [-0.25, -0.2) is 4.98 Å². The van der Waals surface area contributed by atoms with Gasteiger partial charge in [-0.05, 0) is 31.3 Å². The Morgan fingerprint density at radius 1 is 1.04 bits per heavy atom. The molecule has 0 atom stereocenters. The quantitative estimate of drug-likeness (QED) is 0.654. The number of hydrogen-bond acceptors (Lipinski definition) is 2. The number of halogens is 1. The zero-order valence-electron chi connectivity index (χ0n) is 13.7. The van der Waals surface area contributed by atoms with Gasteiger partial charge in [0.15, 0.2) is 0 Å². The van der Waals surface area contributed by atoms with Crippen LogP contribution in [0.25, 0.3) is 22.4 Å². The Balaban J connectivity index is 2.05. The number of hydrogen-bond donors (Lipinski definition) is 0. The predicted octanol–water partition coefficient (Wildman–Crippen LogP) is 4.70. The molecule has 1 aromatic heterocycles. The van der Waals surface area contributed by atoms with Crippen LogP contribution in [0.1, 0.15) is 13.8 Å². The molecule has 0 unspecified atom stereocenters. The second-order valence-electron chi connectivity index (χ2n) is 5.61. The first-order chi connectivity index (χ1) is 11.2. The molecule has 3 nitrogen and oxygen atoms in total. The van der Waals surface area contributed by atoms with Crippen molar-refractivity contribution in [2.45, 2.75) is 20.4 Å². The zero-order chi connectivity index (χ0) is 16.2. The third kappa shape index (κ3) is 3.41. The largest absolute Gasteiger partial charge is 0.323 e. The van der Waals surface area contributed by atoms with Crippen molar-refractivity contribution in [3.05, 3.63) is 53.6 Å². The lowest BCUT2D eigenvalue weighted by Gasteiger charge is -2.19. The van der Waals surface area contributed by atoms with Crippen LogP contribution in [0.3, 0.4) is 0 Å². The van der Waals surface area contributed by atoms with Gasteiger partial charge in [0.2, 0.25) is 0 Å². The molecule has 3 aromatic rings. The molecule has 3 rings (SSSR count).